The van der Waals surface area contributed by atoms with Crippen LogP contribution in [0.5, 0.6) is 11.5 Å². The normalized spacial score (nSPS) is 16.4. The van der Waals surface area contributed by atoms with Gasteiger partial charge in [-0.2, -0.15) is 0 Å². The van der Waals surface area contributed by atoms with E-state index in [4.69, 9.17) is 21.1 Å². The fourth-order valence-corrected chi connectivity index (χ4v) is 3.01. The van der Waals surface area contributed by atoms with E-state index >= 15 is 0 Å². The van der Waals surface area contributed by atoms with Crippen molar-refractivity contribution in [2.75, 3.05) is 14.2 Å². The maximum Gasteiger partial charge on any atom is 0.129 e. The number of aromatic nitrogens is 1. The van der Waals surface area contributed by atoms with Crippen LogP contribution in [0.4, 0.5) is 0 Å². The van der Waals surface area contributed by atoms with Gasteiger partial charge >= 0.3 is 0 Å². The zero-order valence-electron chi connectivity index (χ0n) is 12.7. The van der Waals surface area contributed by atoms with E-state index in [0.29, 0.717) is 11.7 Å². The standard InChI is InChI=1S/C17H19ClN2O2/c1-21-13-6-3-12(15(9-13)22-2)10-19-14-7-4-11-5-8-16(18)20-17(11)14/h3,5-6,8-9,14,19H,4,7,10H2,1-2H3. The van der Waals surface area contributed by atoms with E-state index in [-0.39, 0.29) is 6.04 Å². The molecule has 2 aromatic rings. The highest BCUT2D eigenvalue weighted by molar-refractivity contribution is 6.29. The second-order valence-electron chi connectivity index (χ2n) is 5.33. The minimum Gasteiger partial charge on any atom is -0.497 e. The molecule has 0 fully saturated rings. The number of ether oxygens (including phenoxy) is 2. The monoisotopic (exact) mass is 318 g/mol. The molecule has 1 N–H and O–H groups in total. The topological polar surface area (TPSA) is 43.4 Å². The summed E-state index contributed by atoms with van der Waals surface area (Å²) < 4.78 is 10.7. The van der Waals surface area contributed by atoms with Gasteiger partial charge in [0.05, 0.1) is 26.0 Å². The average molecular weight is 319 g/mol. The fraction of sp³-hybridized carbons (Fsp3) is 0.353. The Balaban J connectivity index is 1.73. The highest BCUT2D eigenvalue weighted by Gasteiger charge is 2.24. The molecule has 0 aliphatic heterocycles. The van der Waals surface area contributed by atoms with Crippen molar-refractivity contribution in [3.8, 4) is 11.5 Å². The lowest BCUT2D eigenvalue weighted by atomic mass is 10.1. The number of fused-ring (bicyclic) bond motifs is 1. The second-order valence-corrected chi connectivity index (χ2v) is 5.72. The molecule has 5 heteroatoms. The van der Waals surface area contributed by atoms with Crippen LogP contribution < -0.4 is 14.8 Å². The van der Waals surface area contributed by atoms with Crippen LogP contribution in [-0.4, -0.2) is 19.2 Å². The predicted molar refractivity (Wildman–Crippen MR) is 86.7 cm³/mol. The summed E-state index contributed by atoms with van der Waals surface area (Å²) >= 11 is 6.01. The van der Waals surface area contributed by atoms with E-state index < -0.39 is 0 Å². The Morgan fingerprint density at radius 2 is 2.09 bits per heavy atom. The van der Waals surface area contributed by atoms with Crippen molar-refractivity contribution >= 4 is 11.6 Å². The second kappa shape index (κ2) is 6.55. The highest BCUT2D eigenvalue weighted by Crippen LogP contribution is 2.31. The Bertz CT molecular complexity index is 676. The third kappa shape index (κ3) is 3.03. The van der Waals surface area contributed by atoms with E-state index in [1.807, 2.05) is 24.3 Å². The van der Waals surface area contributed by atoms with E-state index in [1.54, 1.807) is 14.2 Å². The molecule has 0 amide bonds. The van der Waals surface area contributed by atoms with Gasteiger partial charge in [0, 0.05) is 18.2 Å². The van der Waals surface area contributed by atoms with Crippen LogP contribution in [0.3, 0.4) is 0 Å². The summed E-state index contributed by atoms with van der Waals surface area (Å²) in [4.78, 5) is 4.47. The van der Waals surface area contributed by atoms with Crippen molar-refractivity contribution < 1.29 is 9.47 Å². The first-order valence-electron chi connectivity index (χ1n) is 7.31. The van der Waals surface area contributed by atoms with Crippen molar-refractivity contribution in [2.45, 2.75) is 25.4 Å². The molecule has 1 aromatic carbocycles. The molecule has 3 rings (SSSR count). The molecule has 0 saturated carbocycles. The largest absolute Gasteiger partial charge is 0.497 e. The van der Waals surface area contributed by atoms with Gasteiger partial charge in [0.2, 0.25) is 0 Å². The number of methoxy groups -OCH3 is 2. The SMILES string of the molecule is COc1ccc(CNC2CCc3ccc(Cl)nc32)c(OC)c1. The maximum absolute atomic E-state index is 6.01. The number of aryl methyl sites for hydroxylation is 1. The number of benzene rings is 1. The van der Waals surface area contributed by atoms with Crippen LogP contribution in [0.25, 0.3) is 0 Å². The Morgan fingerprint density at radius 1 is 1.23 bits per heavy atom. The van der Waals surface area contributed by atoms with Crippen LogP contribution in [0, 0.1) is 0 Å². The predicted octanol–water partition coefficient (Wildman–Crippen LogP) is 3.53. The van der Waals surface area contributed by atoms with Gasteiger partial charge in [-0.25, -0.2) is 4.98 Å². The zero-order chi connectivity index (χ0) is 15.5. The molecule has 1 aromatic heterocycles. The number of rotatable bonds is 5. The molecule has 1 atom stereocenters. The third-order valence-electron chi connectivity index (χ3n) is 4.04. The maximum atomic E-state index is 6.01. The van der Waals surface area contributed by atoms with Crippen molar-refractivity contribution in [1.82, 2.24) is 10.3 Å². The van der Waals surface area contributed by atoms with Crippen LogP contribution in [0.1, 0.15) is 29.3 Å². The molecule has 0 bridgehead atoms. The molecule has 1 unspecified atom stereocenters. The molecule has 1 aliphatic carbocycles. The molecule has 1 heterocycles. The number of nitrogens with one attached hydrogen (secondary N) is 1. The Hall–Kier alpha value is -1.78. The number of nitrogens with zero attached hydrogens (tertiary/aromatic N) is 1. The molecule has 4 nitrogen and oxygen atoms in total. The van der Waals surface area contributed by atoms with Gasteiger partial charge in [-0.1, -0.05) is 23.7 Å². The van der Waals surface area contributed by atoms with Crippen LogP contribution >= 0.6 is 11.6 Å². The summed E-state index contributed by atoms with van der Waals surface area (Å²) in [5.74, 6) is 1.62. The number of pyridine rings is 1. The summed E-state index contributed by atoms with van der Waals surface area (Å²) in [5, 5.41) is 4.10. The minimum atomic E-state index is 0.237. The molecular formula is C17H19ClN2O2. The van der Waals surface area contributed by atoms with Gasteiger partial charge in [-0.3, -0.25) is 0 Å². The minimum absolute atomic E-state index is 0.237. The number of hydrogen-bond donors (Lipinski definition) is 1. The van der Waals surface area contributed by atoms with E-state index in [0.717, 1.165) is 35.6 Å². The molecular weight excluding hydrogens is 300 g/mol. The third-order valence-corrected chi connectivity index (χ3v) is 4.25. The Morgan fingerprint density at radius 3 is 2.86 bits per heavy atom. The first-order valence-corrected chi connectivity index (χ1v) is 7.68. The molecule has 116 valence electrons. The van der Waals surface area contributed by atoms with Gasteiger partial charge < -0.3 is 14.8 Å². The van der Waals surface area contributed by atoms with Crippen molar-refractivity contribution in [1.29, 1.82) is 0 Å². The Labute approximate surface area is 135 Å². The van der Waals surface area contributed by atoms with E-state index in [9.17, 15) is 0 Å². The van der Waals surface area contributed by atoms with Crippen LogP contribution in [-0.2, 0) is 13.0 Å². The van der Waals surface area contributed by atoms with E-state index in [1.165, 1.54) is 5.56 Å². The summed E-state index contributed by atoms with van der Waals surface area (Å²) in [6.07, 6.45) is 2.08. The quantitative estimate of drug-likeness (QED) is 0.857. The van der Waals surface area contributed by atoms with Gasteiger partial charge in [0.1, 0.15) is 16.7 Å². The summed E-state index contributed by atoms with van der Waals surface area (Å²) in [6.45, 7) is 0.714. The lowest BCUT2D eigenvalue weighted by Gasteiger charge is -2.15. The summed E-state index contributed by atoms with van der Waals surface area (Å²) in [5.41, 5.74) is 3.45. The zero-order valence-corrected chi connectivity index (χ0v) is 13.5. The van der Waals surface area contributed by atoms with E-state index in [2.05, 4.69) is 16.4 Å². The fourth-order valence-electron chi connectivity index (χ4n) is 2.86. The van der Waals surface area contributed by atoms with Gasteiger partial charge in [0.15, 0.2) is 0 Å². The highest BCUT2D eigenvalue weighted by atomic mass is 35.5. The lowest BCUT2D eigenvalue weighted by molar-refractivity contribution is 0.388. The lowest BCUT2D eigenvalue weighted by Crippen LogP contribution is -2.20. The summed E-state index contributed by atoms with van der Waals surface area (Å²) in [6, 6.07) is 10.0. The van der Waals surface area contributed by atoms with Gasteiger partial charge in [0.25, 0.3) is 0 Å². The van der Waals surface area contributed by atoms with Gasteiger partial charge in [-0.05, 0) is 30.5 Å². The van der Waals surface area contributed by atoms with Crippen molar-refractivity contribution in [3.05, 3.63) is 52.3 Å². The molecule has 0 radical (unpaired) electrons. The molecule has 22 heavy (non-hydrogen) atoms. The molecule has 0 spiro atoms. The first-order chi connectivity index (χ1) is 10.7. The first kappa shape index (κ1) is 15.1. The Kier molecular flexibility index (Phi) is 4.50. The summed E-state index contributed by atoms with van der Waals surface area (Å²) in [7, 11) is 3.32. The smallest absolute Gasteiger partial charge is 0.129 e. The molecule has 1 aliphatic rings. The van der Waals surface area contributed by atoms with Crippen molar-refractivity contribution in [3.63, 3.8) is 0 Å². The van der Waals surface area contributed by atoms with Crippen LogP contribution in [0.15, 0.2) is 30.3 Å². The average Bonchev–Trinajstić information content (AvgIpc) is 2.95. The number of hydrogen-bond acceptors (Lipinski definition) is 4. The van der Waals surface area contributed by atoms with Crippen molar-refractivity contribution in [2.24, 2.45) is 0 Å². The number of halogens is 1. The molecule has 0 saturated heterocycles. The van der Waals surface area contributed by atoms with Gasteiger partial charge in [-0.15, -0.1) is 0 Å². The van der Waals surface area contributed by atoms with Crippen LogP contribution in [0.2, 0.25) is 5.15 Å².